The largest absolute Gasteiger partial charge is 0.494 e. The zero-order valence-electron chi connectivity index (χ0n) is 13.8. The van der Waals surface area contributed by atoms with E-state index >= 15 is 0 Å². The number of nitrogens with one attached hydrogen (secondary N) is 1. The molecule has 1 aliphatic rings. The molecule has 1 aromatic carbocycles. The Kier molecular flexibility index (Phi) is 6.52. The average Bonchev–Trinajstić information content (AvgIpc) is 3.30. The van der Waals surface area contributed by atoms with Crippen LogP contribution in [0.3, 0.4) is 0 Å². The van der Waals surface area contributed by atoms with Gasteiger partial charge >= 0.3 is 0 Å². The summed E-state index contributed by atoms with van der Waals surface area (Å²) in [5, 5.41) is 3.47. The van der Waals surface area contributed by atoms with Gasteiger partial charge in [0.2, 0.25) is 0 Å². The Balaban J connectivity index is 1.95. The van der Waals surface area contributed by atoms with E-state index in [1.165, 1.54) is 37.9 Å². The number of nitrogens with zero attached hydrogens (tertiary/aromatic N) is 1. The standard InChI is InChI=1S/C18H30N2O/c1-4-12-20(13-15-6-7-15)14-18(19-3)16-8-10-17(11-9-16)21-5-2/h8-11,15,18-19H,4-7,12-14H2,1-3H3. The molecule has 1 fully saturated rings. The van der Waals surface area contributed by atoms with Crippen LogP contribution >= 0.6 is 0 Å². The number of likely N-dealkylation sites (N-methyl/N-ethyl adjacent to an activating group) is 1. The van der Waals surface area contributed by atoms with Crippen molar-refractivity contribution in [1.29, 1.82) is 0 Å². The Bertz CT molecular complexity index is 400. The molecule has 1 saturated carbocycles. The van der Waals surface area contributed by atoms with E-state index in [-0.39, 0.29) is 0 Å². The minimum atomic E-state index is 0.394. The molecule has 0 bridgehead atoms. The van der Waals surface area contributed by atoms with E-state index in [4.69, 9.17) is 4.74 Å². The van der Waals surface area contributed by atoms with Gasteiger partial charge in [-0.25, -0.2) is 0 Å². The fourth-order valence-electron chi connectivity index (χ4n) is 2.82. The van der Waals surface area contributed by atoms with E-state index in [9.17, 15) is 0 Å². The maximum atomic E-state index is 5.52. The lowest BCUT2D eigenvalue weighted by atomic mass is 10.1. The summed E-state index contributed by atoms with van der Waals surface area (Å²) < 4.78 is 5.52. The second-order valence-corrected chi connectivity index (χ2v) is 6.05. The zero-order valence-corrected chi connectivity index (χ0v) is 13.8. The molecule has 3 nitrogen and oxygen atoms in total. The van der Waals surface area contributed by atoms with Crippen molar-refractivity contribution in [2.45, 2.75) is 39.2 Å². The van der Waals surface area contributed by atoms with Crippen molar-refractivity contribution in [3.05, 3.63) is 29.8 Å². The van der Waals surface area contributed by atoms with Crippen LogP contribution in [0.25, 0.3) is 0 Å². The first-order valence-corrected chi connectivity index (χ1v) is 8.39. The highest BCUT2D eigenvalue weighted by Crippen LogP contribution is 2.30. The average molecular weight is 290 g/mol. The van der Waals surface area contributed by atoms with Crippen molar-refractivity contribution in [3.63, 3.8) is 0 Å². The van der Waals surface area contributed by atoms with E-state index < -0.39 is 0 Å². The van der Waals surface area contributed by atoms with E-state index in [1.807, 2.05) is 6.92 Å². The van der Waals surface area contributed by atoms with Crippen LogP contribution in [0.1, 0.15) is 44.7 Å². The minimum absolute atomic E-state index is 0.394. The van der Waals surface area contributed by atoms with Crippen LogP contribution in [0.5, 0.6) is 5.75 Å². The van der Waals surface area contributed by atoms with Crippen molar-refractivity contribution in [1.82, 2.24) is 10.2 Å². The molecule has 0 radical (unpaired) electrons. The van der Waals surface area contributed by atoms with E-state index in [0.29, 0.717) is 6.04 Å². The van der Waals surface area contributed by atoms with Gasteiger partial charge in [-0.1, -0.05) is 19.1 Å². The SMILES string of the molecule is CCCN(CC1CC1)CC(NC)c1ccc(OCC)cc1. The molecule has 1 aromatic rings. The summed E-state index contributed by atoms with van der Waals surface area (Å²) in [5.74, 6) is 1.91. The van der Waals surface area contributed by atoms with Gasteiger partial charge in [0, 0.05) is 19.1 Å². The second kappa shape index (κ2) is 8.40. The number of rotatable bonds is 10. The van der Waals surface area contributed by atoms with Crippen LogP contribution in [0, 0.1) is 5.92 Å². The smallest absolute Gasteiger partial charge is 0.119 e. The number of ether oxygens (including phenoxy) is 1. The van der Waals surface area contributed by atoms with Crippen molar-refractivity contribution < 1.29 is 4.74 Å². The molecule has 0 aliphatic heterocycles. The van der Waals surface area contributed by atoms with Crippen LogP contribution in [0.4, 0.5) is 0 Å². The summed E-state index contributed by atoms with van der Waals surface area (Å²) in [6.45, 7) is 8.57. The van der Waals surface area contributed by atoms with Crippen molar-refractivity contribution in [2.75, 3.05) is 33.3 Å². The lowest BCUT2D eigenvalue weighted by molar-refractivity contribution is 0.237. The van der Waals surface area contributed by atoms with Crippen LogP contribution in [0.15, 0.2) is 24.3 Å². The predicted molar refractivity (Wildman–Crippen MR) is 88.9 cm³/mol. The quantitative estimate of drug-likeness (QED) is 0.714. The molecule has 0 spiro atoms. The third-order valence-electron chi connectivity index (χ3n) is 4.14. The van der Waals surface area contributed by atoms with Crippen molar-refractivity contribution in [2.24, 2.45) is 5.92 Å². The maximum Gasteiger partial charge on any atom is 0.119 e. The molecule has 1 atom stereocenters. The van der Waals surface area contributed by atoms with Crippen LogP contribution in [0.2, 0.25) is 0 Å². The van der Waals surface area contributed by atoms with Crippen LogP contribution in [-0.2, 0) is 0 Å². The normalized spacial score (nSPS) is 16.2. The van der Waals surface area contributed by atoms with Crippen LogP contribution < -0.4 is 10.1 Å². The molecule has 0 amide bonds. The molecule has 3 heteroatoms. The Morgan fingerprint density at radius 3 is 2.48 bits per heavy atom. The first-order valence-electron chi connectivity index (χ1n) is 8.39. The Morgan fingerprint density at radius 2 is 1.95 bits per heavy atom. The maximum absolute atomic E-state index is 5.52. The van der Waals surface area contributed by atoms with Gasteiger partial charge in [0.15, 0.2) is 0 Å². The first-order chi connectivity index (χ1) is 10.3. The molecular weight excluding hydrogens is 260 g/mol. The topological polar surface area (TPSA) is 24.5 Å². The molecule has 0 saturated heterocycles. The van der Waals surface area contributed by atoms with E-state index in [2.05, 4.69) is 48.5 Å². The Labute approximate surface area is 129 Å². The van der Waals surface area contributed by atoms with Gasteiger partial charge in [0.1, 0.15) is 5.75 Å². The second-order valence-electron chi connectivity index (χ2n) is 6.05. The summed E-state index contributed by atoms with van der Waals surface area (Å²) in [4.78, 5) is 2.62. The van der Waals surface area contributed by atoms with Gasteiger partial charge in [-0.3, -0.25) is 0 Å². The van der Waals surface area contributed by atoms with E-state index in [1.54, 1.807) is 0 Å². The van der Waals surface area contributed by atoms with Gasteiger partial charge in [-0.15, -0.1) is 0 Å². The predicted octanol–water partition coefficient (Wildman–Crippen LogP) is 3.47. The van der Waals surface area contributed by atoms with Gasteiger partial charge < -0.3 is 15.0 Å². The summed E-state index contributed by atoms with van der Waals surface area (Å²) in [5.41, 5.74) is 1.35. The molecule has 1 aliphatic carbocycles. The highest BCUT2D eigenvalue weighted by Gasteiger charge is 2.25. The number of benzene rings is 1. The minimum Gasteiger partial charge on any atom is -0.494 e. The summed E-state index contributed by atoms with van der Waals surface area (Å²) >= 11 is 0. The molecule has 118 valence electrons. The molecule has 0 heterocycles. The molecule has 2 rings (SSSR count). The summed E-state index contributed by atoms with van der Waals surface area (Å²) in [6, 6.07) is 8.93. The molecule has 1 unspecified atom stereocenters. The Hall–Kier alpha value is -1.06. The molecule has 21 heavy (non-hydrogen) atoms. The highest BCUT2D eigenvalue weighted by atomic mass is 16.5. The van der Waals surface area contributed by atoms with Crippen LogP contribution in [-0.4, -0.2) is 38.2 Å². The summed E-state index contributed by atoms with van der Waals surface area (Å²) in [7, 11) is 2.06. The highest BCUT2D eigenvalue weighted by molar-refractivity contribution is 5.29. The molecule has 1 N–H and O–H groups in total. The van der Waals surface area contributed by atoms with Gasteiger partial charge in [-0.05, 0) is 63.4 Å². The lowest BCUT2D eigenvalue weighted by Gasteiger charge is -2.27. The summed E-state index contributed by atoms with van der Waals surface area (Å²) in [6.07, 6.45) is 4.08. The third kappa shape index (κ3) is 5.33. The fraction of sp³-hybridized carbons (Fsp3) is 0.667. The number of hydrogen-bond acceptors (Lipinski definition) is 3. The molecule has 0 aromatic heterocycles. The van der Waals surface area contributed by atoms with Gasteiger partial charge in [0.05, 0.1) is 6.61 Å². The van der Waals surface area contributed by atoms with E-state index in [0.717, 1.165) is 24.8 Å². The molecular formula is C18H30N2O. The number of hydrogen-bond donors (Lipinski definition) is 1. The van der Waals surface area contributed by atoms with Gasteiger partial charge in [-0.2, -0.15) is 0 Å². The Morgan fingerprint density at radius 1 is 1.24 bits per heavy atom. The first kappa shape index (κ1) is 16.3. The monoisotopic (exact) mass is 290 g/mol. The lowest BCUT2D eigenvalue weighted by Crippen LogP contribution is -2.35. The fourth-order valence-corrected chi connectivity index (χ4v) is 2.82. The van der Waals surface area contributed by atoms with Crippen molar-refractivity contribution >= 4 is 0 Å². The third-order valence-corrected chi connectivity index (χ3v) is 4.14. The van der Waals surface area contributed by atoms with Gasteiger partial charge in [0.25, 0.3) is 0 Å². The zero-order chi connectivity index (χ0) is 15.1. The van der Waals surface area contributed by atoms with Crippen molar-refractivity contribution in [3.8, 4) is 5.75 Å².